The Labute approximate surface area is 191 Å². The summed E-state index contributed by atoms with van der Waals surface area (Å²) < 4.78 is 2.33. The lowest BCUT2D eigenvalue weighted by Gasteiger charge is -2.29. The van der Waals surface area contributed by atoms with Gasteiger partial charge >= 0.3 is 0 Å². The van der Waals surface area contributed by atoms with Crippen molar-refractivity contribution in [3.63, 3.8) is 0 Å². The second-order valence-corrected chi connectivity index (χ2v) is 9.31. The molecular weight excluding hydrogens is 452 g/mol. The van der Waals surface area contributed by atoms with Gasteiger partial charge in [-0.15, -0.1) is 0 Å². The number of nitrogens with zero attached hydrogens (tertiary/aromatic N) is 4. The molecule has 4 rings (SSSR count). The maximum absolute atomic E-state index is 13.3. The van der Waals surface area contributed by atoms with E-state index in [2.05, 4.69) is 64.9 Å². The van der Waals surface area contributed by atoms with Crippen molar-refractivity contribution in [2.75, 3.05) is 18.0 Å². The van der Waals surface area contributed by atoms with E-state index in [0.717, 1.165) is 35.1 Å². The van der Waals surface area contributed by atoms with Crippen molar-refractivity contribution >= 4 is 38.7 Å². The zero-order valence-electron chi connectivity index (χ0n) is 18.4. The Bertz CT molecular complexity index is 1180. The number of fused-ring (bicyclic) bond motifs is 1. The summed E-state index contributed by atoms with van der Waals surface area (Å²) in [6.07, 6.45) is 6.51. The van der Waals surface area contributed by atoms with Crippen LogP contribution in [0.25, 0.3) is 10.9 Å². The normalized spacial score (nSPS) is 15.7. The number of rotatable bonds is 5. The highest BCUT2D eigenvalue weighted by Gasteiger charge is 2.16. The summed E-state index contributed by atoms with van der Waals surface area (Å²) in [5.74, 6) is 0.821. The highest BCUT2D eigenvalue weighted by atomic mass is 79.9. The largest absolute Gasteiger partial charge is 0.372 e. The van der Waals surface area contributed by atoms with Gasteiger partial charge in [0.1, 0.15) is 5.82 Å². The maximum atomic E-state index is 13.3. The predicted octanol–water partition coefficient (Wildman–Crippen LogP) is 5.85. The van der Waals surface area contributed by atoms with Crippen LogP contribution in [0.2, 0.25) is 0 Å². The van der Waals surface area contributed by atoms with Crippen molar-refractivity contribution < 1.29 is 0 Å². The first-order valence-electron chi connectivity index (χ1n) is 11.1. The lowest BCUT2D eigenvalue weighted by Crippen LogP contribution is -2.29. The Morgan fingerprint density at radius 3 is 2.65 bits per heavy atom. The lowest BCUT2D eigenvalue weighted by molar-refractivity contribution is 0.578. The zero-order valence-corrected chi connectivity index (χ0v) is 20.0. The molecule has 162 valence electrons. The van der Waals surface area contributed by atoms with Gasteiger partial charge in [0.2, 0.25) is 0 Å². The number of anilines is 1. The first-order valence-corrected chi connectivity index (χ1v) is 11.9. The third-order valence-corrected chi connectivity index (χ3v) is 6.67. The summed E-state index contributed by atoms with van der Waals surface area (Å²) in [5, 5.41) is 5.18. The van der Waals surface area contributed by atoms with Gasteiger partial charge in [-0.1, -0.05) is 35.8 Å². The molecule has 1 fully saturated rings. The third kappa shape index (κ3) is 4.59. The molecule has 1 atom stereocenters. The number of hydrogen-bond donors (Lipinski definition) is 0. The first-order chi connectivity index (χ1) is 15.0. The Hall–Kier alpha value is -2.47. The molecule has 2 heterocycles. The van der Waals surface area contributed by atoms with E-state index in [9.17, 15) is 4.79 Å². The Morgan fingerprint density at radius 2 is 1.94 bits per heavy atom. The minimum atomic E-state index is -0.138. The van der Waals surface area contributed by atoms with E-state index >= 15 is 0 Å². The van der Waals surface area contributed by atoms with E-state index in [-0.39, 0.29) is 11.5 Å². The predicted molar refractivity (Wildman–Crippen MR) is 133 cm³/mol. The smallest absolute Gasteiger partial charge is 0.282 e. The second kappa shape index (κ2) is 9.35. The maximum Gasteiger partial charge on any atom is 0.282 e. The van der Waals surface area contributed by atoms with Gasteiger partial charge in [-0.05, 0) is 74.1 Å². The molecule has 5 nitrogen and oxygen atoms in total. The molecule has 0 N–H and O–H groups in total. The highest BCUT2D eigenvalue weighted by molar-refractivity contribution is 9.10. The molecule has 0 radical (unpaired) electrons. The Morgan fingerprint density at radius 1 is 1.16 bits per heavy atom. The molecule has 3 aromatic rings. The molecule has 2 aromatic carbocycles. The molecule has 0 bridgehead atoms. The van der Waals surface area contributed by atoms with Crippen LogP contribution in [0.5, 0.6) is 0 Å². The molecule has 1 aliphatic heterocycles. The van der Waals surface area contributed by atoms with Gasteiger partial charge in [-0.2, -0.15) is 9.78 Å². The fourth-order valence-electron chi connectivity index (χ4n) is 4.05. The van der Waals surface area contributed by atoms with Crippen LogP contribution in [0.15, 0.2) is 50.8 Å². The number of piperidine rings is 1. The molecular formula is C25H29BrN4O. The number of benzene rings is 2. The van der Waals surface area contributed by atoms with E-state index in [0.29, 0.717) is 16.7 Å². The van der Waals surface area contributed by atoms with Crippen LogP contribution >= 0.6 is 15.9 Å². The Kier molecular flexibility index (Phi) is 6.56. The van der Waals surface area contributed by atoms with Crippen molar-refractivity contribution in [1.29, 1.82) is 0 Å². The summed E-state index contributed by atoms with van der Waals surface area (Å²) in [5.41, 5.74) is 4.00. The zero-order chi connectivity index (χ0) is 22.0. The van der Waals surface area contributed by atoms with Crippen LogP contribution in [-0.2, 0) is 0 Å². The molecule has 31 heavy (non-hydrogen) atoms. The van der Waals surface area contributed by atoms with Crippen LogP contribution in [0.3, 0.4) is 0 Å². The van der Waals surface area contributed by atoms with Gasteiger partial charge in [0, 0.05) is 29.2 Å². The SMILES string of the molecule is CC[C@H](C)c1nc2ccc(Br)cc2c(=O)n1N=Cc1ccc(N2CCCCC2)cc1C. The van der Waals surface area contributed by atoms with E-state index in [4.69, 9.17) is 4.98 Å². The Balaban J connectivity index is 1.73. The fraction of sp³-hybridized carbons (Fsp3) is 0.400. The average molecular weight is 481 g/mol. The van der Waals surface area contributed by atoms with Gasteiger partial charge in [0.25, 0.3) is 5.56 Å². The molecule has 0 spiro atoms. The van der Waals surface area contributed by atoms with Crippen LogP contribution in [-0.4, -0.2) is 29.0 Å². The number of hydrogen-bond acceptors (Lipinski definition) is 4. The first kappa shape index (κ1) is 21.8. The van der Waals surface area contributed by atoms with Crippen molar-refractivity contribution in [2.45, 2.75) is 52.4 Å². The molecule has 1 aliphatic rings. The standard InChI is InChI=1S/C25H29BrN4O/c1-4-17(2)24-28-23-11-9-20(26)15-22(23)25(31)30(24)27-16-19-8-10-21(14-18(19)3)29-12-6-5-7-13-29/h8-11,14-17H,4-7,12-13H2,1-3H3/t17-/m0/s1. The summed E-state index contributed by atoms with van der Waals surface area (Å²) in [4.78, 5) is 20.5. The topological polar surface area (TPSA) is 50.5 Å². The molecule has 0 unspecified atom stereocenters. The molecule has 0 saturated carbocycles. The van der Waals surface area contributed by atoms with E-state index < -0.39 is 0 Å². The van der Waals surface area contributed by atoms with Gasteiger partial charge in [-0.25, -0.2) is 4.98 Å². The minimum Gasteiger partial charge on any atom is -0.372 e. The lowest BCUT2D eigenvalue weighted by atomic mass is 10.1. The van der Waals surface area contributed by atoms with E-state index in [1.807, 2.05) is 18.2 Å². The average Bonchev–Trinajstić information content (AvgIpc) is 2.79. The van der Waals surface area contributed by atoms with Crippen LogP contribution in [0, 0.1) is 6.92 Å². The van der Waals surface area contributed by atoms with Gasteiger partial charge in [0.05, 0.1) is 17.1 Å². The quantitative estimate of drug-likeness (QED) is 0.430. The molecule has 0 amide bonds. The monoisotopic (exact) mass is 480 g/mol. The molecule has 6 heteroatoms. The summed E-state index contributed by atoms with van der Waals surface area (Å²) in [6.45, 7) is 8.53. The van der Waals surface area contributed by atoms with Crippen molar-refractivity contribution in [3.8, 4) is 0 Å². The van der Waals surface area contributed by atoms with Crippen LogP contribution in [0.4, 0.5) is 5.69 Å². The van der Waals surface area contributed by atoms with E-state index in [1.165, 1.54) is 29.6 Å². The van der Waals surface area contributed by atoms with Crippen LogP contribution in [0.1, 0.15) is 62.4 Å². The number of aromatic nitrogens is 2. The summed E-state index contributed by atoms with van der Waals surface area (Å²) in [7, 11) is 0. The number of halogens is 1. The highest BCUT2D eigenvalue weighted by Crippen LogP contribution is 2.23. The molecule has 1 saturated heterocycles. The van der Waals surface area contributed by atoms with Gasteiger partial charge in [0.15, 0.2) is 0 Å². The number of aryl methyl sites for hydroxylation is 1. The van der Waals surface area contributed by atoms with Gasteiger partial charge in [-0.3, -0.25) is 4.79 Å². The van der Waals surface area contributed by atoms with Crippen LogP contribution < -0.4 is 10.5 Å². The minimum absolute atomic E-state index is 0.125. The van der Waals surface area contributed by atoms with Crippen molar-refractivity contribution in [2.24, 2.45) is 5.10 Å². The van der Waals surface area contributed by atoms with Crippen molar-refractivity contribution in [1.82, 2.24) is 9.66 Å². The van der Waals surface area contributed by atoms with E-state index in [1.54, 1.807) is 6.21 Å². The fourth-order valence-corrected chi connectivity index (χ4v) is 4.41. The van der Waals surface area contributed by atoms with Crippen molar-refractivity contribution in [3.05, 3.63) is 68.2 Å². The summed E-state index contributed by atoms with van der Waals surface area (Å²) >= 11 is 3.46. The van der Waals surface area contributed by atoms with Gasteiger partial charge < -0.3 is 4.90 Å². The second-order valence-electron chi connectivity index (χ2n) is 8.39. The summed E-state index contributed by atoms with van der Waals surface area (Å²) in [6, 6.07) is 12.1. The third-order valence-electron chi connectivity index (χ3n) is 6.17. The molecule has 0 aliphatic carbocycles. The molecule has 1 aromatic heterocycles.